The predicted molar refractivity (Wildman–Crippen MR) is 141 cm³/mol. The molecule has 0 heterocycles. The maximum Gasteiger partial charge on any atom is 0.119 e. The third-order valence-corrected chi connectivity index (χ3v) is 8.03. The highest BCUT2D eigenvalue weighted by atomic mass is 16.5. The maximum absolute atomic E-state index is 5.69. The van der Waals surface area contributed by atoms with E-state index in [1.807, 2.05) is 0 Å². The van der Waals surface area contributed by atoms with Crippen molar-refractivity contribution in [3.05, 3.63) is 118 Å². The Balaban J connectivity index is 1.58. The van der Waals surface area contributed by atoms with Crippen molar-refractivity contribution >= 4 is 0 Å². The number of benzene rings is 4. The minimum absolute atomic E-state index is 0.218. The lowest BCUT2D eigenvalue weighted by molar-refractivity contribution is 0.413. The molecule has 2 aliphatic carbocycles. The highest BCUT2D eigenvalue weighted by Gasteiger charge is 2.52. The summed E-state index contributed by atoms with van der Waals surface area (Å²) < 4.78 is 22.3. The van der Waals surface area contributed by atoms with Gasteiger partial charge in [0.1, 0.15) is 23.0 Å². The van der Waals surface area contributed by atoms with Gasteiger partial charge in [-0.25, -0.2) is 0 Å². The molecular formula is C32H30O4. The number of fused-ring (bicyclic) bond motifs is 5. The van der Waals surface area contributed by atoms with Gasteiger partial charge in [0, 0.05) is 23.7 Å². The van der Waals surface area contributed by atoms with Gasteiger partial charge in [0.15, 0.2) is 0 Å². The van der Waals surface area contributed by atoms with Crippen LogP contribution >= 0.6 is 0 Å². The topological polar surface area (TPSA) is 36.9 Å². The van der Waals surface area contributed by atoms with Crippen molar-refractivity contribution in [3.63, 3.8) is 0 Å². The third kappa shape index (κ3) is 3.43. The Morgan fingerprint density at radius 2 is 0.722 bits per heavy atom. The Labute approximate surface area is 212 Å². The zero-order valence-corrected chi connectivity index (χ0v) is 21.0. The molecular weight excluding hydrogens is 448 g/mol. The average molecular weight is 479 g/mol. The van der Waals surface area contributed by atoms with Crippen LogP contribution in [0.15, 0.2) is 84.9 Å². The molecule has 36 heavy (non-hydrogen) atoms. The van der Waals surface area contributed by atoms with E-state index in [1.54, 1.807) is 28.4 Å². The lowest BCUT2D eigenvalue weighted by Gasteiger charge is -2.24. The minimum atomic E-state index is 0.218. The van der Waals surface area contributed by atoms with Crippen LogP contribution in [0.2, 0.25) is 0 Å². The fourth-order valence-electron chi connectivity index (χ4n) is 6.45. The van der Waals surface area contributed by atoms with Gasteiger partial charge in [-0.05, 0) is 81.9 Å². The minimum Gasteiger partial charge on any atom is -0.497 e. The van der Waals surface area contributed by atoms with Gasteiger partial charge in [-0.3, -0.25) is 0 Å². The van der Waals surface area contributed by atoms with Crippen LogP contribution in [0, 0.1) is 0 Å². The van der Waals surface area contributed by atoms with Gasteiger partial charge in [0.05, 0.1) is 28.4 Å². The summed E-state index contributed by atoms with van der Waals surface area (Å²) in [6.07, 6.45) is 0. The molecule has 4 nitrogen and oxygen atoms in total. The summed E-state index contributed by atoms with van der Waals surface area (Å²) in [5.74, 6) is 4.51. The first kappa shape index (κ1) is 22.5. The van der Waals surface area contributed by atoms with E-state index in [9.17, 15) is 0 Å². The Morgan fingerprint density at radius 1 is 0.389 bits per heavy atom. The van der Waals surface area contributed by atoms with Crippen LogP contribution in [-0.4, -0.2) is 28.4 Å². The number of hydrogen-bond acceptors (Lipinski definition) is 4. The van der Waals surface area contributed by atoms with Gasteiger partial charge in [0.25, 0.3) is 0 Å². The van der Waals surface area contributed by atoms with Gasteiger partial charge in [-0.2, -0.15) is 0 Å². The highest BCUT2D eigenvalue weighted by Crippen LogP contribution is 2.66. The molecule has 0 saturated carbocycles. The van der Waals surface area contributed by atoms with E-state index in [1.165, 1.54) is 33.4 Å². The second kappa shape index (κ2) is 8.94. The zero-order chi connectivity index (χ0) is 24.8. The van der Waals surface area contributed by atoms with E-state index in [-0.39, 0.29) is 23.7 Å². The molecule has 0 bridgehead atoms. The van der Waals surface area contributed by atoms with Gasteiger partial charge in [0.2, 0.25) is 0 Å². The van der Waals surface area contributed by atoms with Crippen molar-refractivity contribution in [2.45, 2.75) is 23.7 Å². The standard InChI is InChI=1S/C32H30O4/c1-33-21-9-5-19(6-10-21)29-25-15-13-23(35-3)17-27(25)32-30(20-7-11-22(34-2)12-8-20)26-16-14-24(36-4)18-28(26)31(29)32/h5-18,29-32H,1-4H3/t29-,30-,31+,32+/m1/s1. The average Bonchev–Trinajstić information content (AvgIpc) is 3.45. The second-order valence-corrected chi connectivity index (χ2v) is 9.54. The SMILES string of the molecule is COc1ccc([C@@H]2c3ccc(OC)cc3[C@H]3[C@H](c4ccc(OC)cc4)c4ccc(OC)cc4[C@@H]23)cc1. The van der Waals surface area contributed by atoms with Crippen molar-refractivity contribution in [2.75, 3.05) is 28.4 Å². The lowest BCUT2D eigenvalue weighted by Crippen LogP contribution is -2.10. The van der Waals surface area contributed by atoms with Crippen molar-refractivity contribution in [3.8, 4) is 23.0 Å². The van der Waals surface area contributed by atoms with E-state index in [4.69, 9.17) is 18.9 Å². The van der Waals surface area contributed by atoms with Gasteiger partial charge >= 0.3 is 0 Å². The predicted octanol–water partition coefficient (Wildman–Crippen LogP) is 6.88. The zero-order valence-electron chi connectivity index (χ0n) is 21.0. The fourth-order valence-corrected chi connectivity index (χ4v) is 6.45. The fraction of sp³-hybridized carbons (Fsp3) is 0.250. The van der Waals surface area contributed by atoms with Crippen LogP contribution in [0.5, 0.6) is 23.0 Å². The Bertz CT molecular complexity index is 1280. The van der Waals surface area contributed by atoms with Crippen molar-refractivity contribution < 1.29 is 18.9 Å². The summed E-state index contributed by atoms with van der Waals surface area (Å²) in [6, 6.07) is 30.3. The van der Waals surface area contributed by atoms with Crippen molar-refractivity contribution in [1.29, 1.82) is 0 Å². The molecule has 0 spiro atoms. The summed E-state index contributed by atoms with van der Waals surface area (Å²) in [5, 5.41) is 0. The van der Waals surface area contributed by atoms with Crippen LogP contribution < -0.4 is 18.9 Å². The molecule has 0 radical (unpaired) electrons. The van der Waals surface area contributed by atoms with E-state index in [0.717, 1.165) is 23.0 Å². The molecule has 2 aliphatic rings. The molecule has 4 heteroatoms. The van der Waals surface area contributed by atoms with Crippen LogP contribution in [0.25, 0.3) is 0 Å². The van der Waals surface area contributed by atoms with Crippen LogP contribution in [0.3, 0.4) is 0 Å². The molecule has 6 rings (SSSR count). The first-order chi connectivity index (χ1) is 17.7. The lowest BCUT2D eigenvalue weighted by atomic mass is 9.79. The summed E-state index contributed by atoms with van der Waals surface area (Å²) in [7, 11) is 6.90. The Hall–Kier alpha value is -3.92. The normalized spacial score (nSPS) is 21.3. The Morgan fingerprint density at radius 3 is 1.06 bits per heavy atom. The van der Waals surface area contributed by atoms with Crippen LogP contribution in [-0.2, 0) is 0 Å². The number of rotatable bonds is 6. The molecule has 182 valence electrons. The monoisotopic (exact) mass is 478 g/mol. The Kier molecular flexibility index (Phi) is 5.60. The number of hydrogen-bond donors (Lipinski definition) is 0. The summed E-state index contributed by atoms with van der Waals surface area (Å²) in [6.45, 7) is 0. The molecule has 0 unspecified atom stereocenters. The third-order valence-electron chi connectivity index (χ3n) is 8.03. The molecule has 4 aromatic carbocycles. The molecule has 4 atom stereocenters. The number of methoxy groups -OCH3 is 4. The molecule has 0 aliphatic heterocycles. The van der Waals surface area contributed by atoms with E-state index >= 15 is 0 Å². The van der Waals surface area contributed by atoms with Crippen molar-refractivity contribution in [2.24, 2.45) is 0 Å². The molecule has 0 N–H and O–H groups in total. The molecule has 0 saturated heterocycles. The van der Waals surface area contributed by atoms with Crippen molar-refractivity contribution in [1.82, 2.24) is 0 Å². The summed E-state index contributed by atoms with van der Waals surface area (Å²) >= 11 is 0. The molecule has 0 fully saturated rings. The maximum atomic E-state index is 5.69. The number of ether oxygens (including phenoxy) is 4. The van der Waals surface area contributed by atoms with E-state index in [0.29, 0.717) is 0 Å². The van der Waals surface area contributed by atoms with Gasteiger partial charge < -0.3 is 18.9 Å². The van der Waals surface area contributed by atoms with Gasteiger partial charge in [-0.1, -0.05) is 36.4 Å². The molecule has 4 aromatic rings. The highest BCUT2D eigenvalue weighted by molar-refractivity contribution is 5.63. The van der Waals surface area contributed by atoms with E-state index in [2.05, 4.69) is 84.9 Å². The molecule has 0 amide bonds. The van der Waals surface area contributed by atoms with Crippen LogP contribution in [0.1, 0.15) is 57.1 Å². The smallest absolute Gasteiger partial charge is 0.119 e. The first-order valence-electron chi connectivity index (χ1n) is 12.3. The van der Waals surface area contributed by atoms with E-state index < -0.39 is 0 Å². The summed E-state index contributed by atoms with van der Waals surface area (Å²) in [5.41, 5.74) is 8.02. The summed E-state index contributed by atoms with van der Waals surface area (Å²) in [4.78, 5) is 0. The first-order valence-corrected chi connectivity index (χ1v) is 12.3. The quantitative estimate of drug-likeness (QED) is 0.303. The van der Waals surface area contributed by atoms with Crippen LogP contribution in [0.4, 0.5) is 0 Å². The second-order valence-electron chi connectivity index (χ2n) is 9.54. The molecule has 0 aromatic heterocycles. The van der Waals surface area contributed by atoms with Gasteiger partial charge in [-0.15, -0.1) is 0 Å². The largest absolute Gasteiger partial charge is 0.497 e.